The number of alkyl halides is 3. The van der Waals surface area contributed by atoms with Crippen molar-refractivity contribution in [2.75, 3.05) is 5.73 Å². The molecule has 0 unspecified atom stereocenters. The lowest BCUT2D eigenvalue weighted by Crippen LogP contribution is -2.22. The van der Waals surface area contributed by atoms with Crippen molar-refractivity contribution >= 4 is 23.0 Å². The number of hydrogen-bond acceptors (Lipinski definition) is 4. The number of benzene rings is 2. The lowest BCUT2D eigenvalue weighted by atomic mass is 10.0. The van der Waals surface area contributed by atoms with E-state index in [9.17, 15) is 18.4 Å². The summed E-state index contributed by atoms with van der Waals surface area (Å²) in [5, 5.41) is 13.1. The molecule has 3 N–H and O–H groups in total. The van der Waals surface area contributed by atoms with Gasteiger partial charge < -0.3 is 11.1 Å². The summed E-state index contributed by atoms with van der Waals surface area (Å²) < 4.78 is 40.1. The van der Waals surface area contributed by atoms with E-state index < -0.39 is 11.7 Å². The van der Waals surface area contributed by atoms with Crippen molar-refractivity contribution in [2.45, 2.75) is 31.0 Å². The minimum atomic E-state index is -4.55. The summed E-state index contributed by atoms with van der Waals surface area (Å²) in [6.07, 6.45) is -4.55. The molecule has 0 saturated heterocycles. The summed E-state index contributed by atoms with van der Waals surface area (Å²) in [6.45, 7) is 3.71. The molecule has 2 rings (SSSR count). The highest BCUT2D eigenvalue weighted by atomic mass is 32.2. The van der Waals surface area contributed by atoms with Gasteiger partial charge in [0.05, 0.1) is 16.2 Å². The average Bonchev–Trinajstić information content (AvgIpc) is 2.56. The number of rotatable bonds is 5. The van der Waals surface area contributed by atoms with Gasteiger partial charge in [0.1, 0.15) is 6.07 Å². The number of nitriles is 1. The van der Waals surface area contributed by atoms with Gasteiger partial charge in [0.15, 0.2) is 0 Å². The van der Waals surface area contributed by atoms with Crippen LogP contribution in [0.3, 0.4) is 0 Å². The van der Waals surface area contributed by atoms with Gasteiger partial charge in [-0.2, -0.15) is 18.4 Å². The zero-order chi connectivity index (χ0) is 19.3. The van der Waals surface area contributed by atoms with Crippen LogP contribution in [0.25, 0.3) is 5.57 Å². The fraction of sp³-hybridized carbons (Fsp3) is 0.211. The van der Waals surface area contributed by atoms with Crippen LogP contribution in [-0.2, 0) is 6.18 Å². The molecular weight excluding hydrogens is 359 g/mol. The summed E-state index contributed by atoms with van der Waals surface area (Å²) in [4.78, 5) is 0.764. The van der Waals surface area contributed by atoms with Gasteiger partial charge in [-0.1, -0.05) is 30.0 Å². The quantitative estimate of drug-likeness (QED) is 0.423. The topological polar surface area (TPSA) is 61.8 Å². The molecule has 0 aromatic heterocycles. The van der Waals surface area contributed by atoms with Crippen molar-refractivity contribution in [2.24, 2.45) is 0 Å². The molecule has 0 aliphatic rings. The molecule has 7 heteroatoms. The molecule has 0 heterocycles. The molecule has 26 heavy (non-hydrogen) atoms. The molecule has 0 fully saturated rings. The van der Waals surface area contributed by atoms with E-state index in [1.54, 1.807) is 24.3 Å². The molecule has 2 aromatic rings. The van der Waals surface area contributed by atoms with Crippen LogP contribution < -0.4 is 11.1 Å². The van der Waals surface area contributed by atoms with Crippen molar-refractivity contribution in [3.8, 4) is 6.07 Å². The van der Waals surface area contributed by atoms with E-state index in [1.165, 1.54) is 30.0 Å². The number of allylic oxidation sites excluding steroid dienone is 1. The Bertz CT molecular complexity index is 834. The second-order valence-corrected chi connectivity index (χ2v) is 6.91. The van der Waals surface area contributed by atoms with E-state index in [-0.39, 0.29) is 17.2 Å². The first-order valence-electron chi connectivity index (χ1n) is 7.83. The second kappa shape index (κ2) is 8.19. The zero-order valence-electron chi connectivity index (χ0n) is 14.3. The molecule has 0 spiro atoms. The Labute approximate surface area is 154 Å². The number of nitrogens with two attached hydrogens (primary N) is 1. The van der Waals surface area contributed by atoms with E-state index in [4.69, 9.17) is 5.73 Å². The maximum absolute atomic E-state index is 13.4. The predicted octanol–water partition coefficient (Wildman–Crippen LogP) is 5.27. The van der Waals surface area contributed by atoms with Gasteiger partial charge >= 0.3 is 6.18 Å². The van der Waals surface area contributed by atoms with Crippen LogP contribution in [0.5, 0.6) is 0 Å². The van der Waals surface area contributed by atoms with Gasteiger partial charge in [-0.3, -0.25) is 0 Å². The van der Waals surface area contributed by atoms with Crippen LogP contribution in [0.2, 0.25) is 0 Å². The van der Waals surface area contributed by atoms with Crippen molar-refractivity contribution in [1.29, 1.82) is 5.26 Å². The zero-order valence-corrected chi connectivity index (χ0v) is 15.1. The summed E-state index contributed by atoms with van der Waals surface area (Å²) in [5.74, 6) is 0. The first-order chi connectivity index (χ1) is 12.2. The van der Waals surface area contributed by atoms with Crippen molar-refractivity contribution in [1.82, 2.24) is 5.32 Å². The van der Waals surface area contributed by atoms with E-state index in [1.807, 2.05) is 19.9 Å². The van der Waals surface area contributed by atoms with Crippen LogP contribution in [-0.4, -0.2) is 6.04 Å². The van der Waals surface area contributed by atoms with Gasteiger partial charge in [-0.05, 0) is 44.2 Å². The third-order valence-electron chi connectivity index (χ3n) is 3.36. The largest absolute Gasteiger partial charge is 0.417 e. The Morgan fingerprint density at radius 3 is 2.27 bits per heavy atom. The van der Waals surface area contributed by atoms with Crippen LogP contribution in [0.15, 0.2) is 58.5 Å². The highest BCUT2D eigenvalue weighted by molar-refractivity contribution is 8.03. The van der Waals surface area contributed by atoms with E-state index in [2.05, 4.69) is 5.32 Å². The first-order valence-corrected chi connectivity index (χ1v) is 8.65. The fourth-order valence-corrected chi connectivity index (χ4v) is 3.31. The van der Waals surface area contributed by atoms with Crippen LogP contribution in [0, 0.1) is 11.3 Å². The average molecular weight is 377 g/mol. The van der Waals surface area contributed by atoms with Gasteiger partial charge in [0.25, 0.3) is 0 Å². The smallest absolute Gasteiger partial charge is 0.399 e. The normalized spacial score (nSPS) is 12.5. The molecule has 136 valence electrons. The first kappa shape index (κ1) is 19.7. The number of nitrogens with zero attached hydrogens (tertiary/aromatic N) is 1. The summed E-state index contributed by atoms with van der Waals surface area (Å²) in [6, 6.07) is 13.9. The fourth-order valence-electron chi connectivity index (χ4n) is 2.25. The minimum Gasteiger partial charge on any atom is -0.399 e. The van der Waals surface area contributed by atoms with Crippen molar-refractivity contribution in [3.63, 3.8) is 0 Å². The Morgan fingerprint density at radius 2 is 1.73 bits per heavy atom. The molecule has 0 aliphatic heterocycles. The molecule has 0 bridgehead atoms. The maximum atomic E-state index is 13.4. The standard InChI is InChI=1S/C19H18F3N3S/c1-12(2)25-18(26-14-9-7-13(24)8-10-14)16(11-23)15-5-3-4-6-17(15)19(20,21)22/h3-10,12,25H,24H2,1-2H3/b18-16-. The molecule has 0 amide bonds. The Balaban J connectivity index is 2.59. The van der Waals surface area contributed by atoms with Gasteiger partial charge in [0, 0.05) is 22.2 Å². The minimum absolute atomic E-state index is 0.0477. The van der Waals surface area contributed by atoms with E-state index in [0.717, 1.165) is 11.0 Å². The highest BCUT2D eigenvalue weighted by Gasteiger charge is 2.34. The number of hydrogen-bond donors (Lipinski definition) is 2. The lowest BCUT2D eigenvalue weighted by Gasteiger charge is -2.18. The predicted molar refractivity (Wildman–Crippen MR) is 99.0 cm³/mol. The molecule has 0 aliphatic carbocycles. The number of thioether (sulfide) groups is 1. The SMILES string of the molecule is CC(C)N/C(Sc1ccc(N)cc1)=C(\C#N)c1ccccc1C(F)(F)F. The number of anilines is 1. The molecule has 0 saturated carbocycles. The molecule has 2 aromatic carbocycles. The number of nitrogen functional groups attached to an aromatic ring is 1. The summed E-state index contributed by atoms with van der Waals surface area (Å²) >= 11 is 1.20. The van der Waals surface area contributed by atoms with Gasteiger partial charge in [-0.15, -0.1) is 0 Å². The van der Waals surface area contributed by atoms with Crippen LogP contribution >= 0.6 is 11.8 Å². The molecule has 0 radical (unpaired) electrons. The summed E-state index contributed by atoms with van der Waals surface area (Å²) in [5.41, 5.74) is 5.22. The van der Waals surface area contributed by atoms with E-state index in [0.29, 0.717) is 10.7 Å². The monoisotopic (exact) mass is 377 g/mol. The molecular formula is C19H18F3N3S. The number of nitrogens with one attached hydrogen (secondary N) is 1. The Hall–Kier alpha value is -2.59. The van der Waals surface area contributed by atoms with Gasteiger partial charge in [0.2, 0.25) is 0 Å². The maximum Gasteiger partial charge on any atom is 0.417 e. The van der Waals surface area contributed by atoms with Crippen molar-refractivity contribution < 1.29 is 13.2 Å². The summed E-state index contributed by atoms with van der Waals surface area (Å²) in [7, 11) is 0. The van der Waals surface area contributed by atoms with Crippen LogP contribution in [0.1, 0.15) is 25.0 Å². The van der Waals surface area contributed by atoms with Gasteiger partial charge in [-0.25, -0.2) is 0 Å². The second-order valence-electron chi connectivity index (χ2n) is 5.83. The van der Waals surface area contributed by atoms with Crippen molar-refractivity contribution in [3.05, 3.63) is 64.7 Å². The van der Waals surface area contributed by atoms with Crippen LogP contribution in [0.4, 0.5) is 18.9 Å². The lowest BCUT2D eigenvalue weighted by molar-refractivity contribution is -0.137. The number of halogens is 3. The van der Waals surface area contributed by atoms with E-state index >= 15 is 0 Å². The molecule has 0 atom stereocenters. The third kappa shape index (κ3) is 4.96. The third-order valence-corrected chi connectivity index (χ3v) is 4.39. The Kier molecular flexibility index (Phi) is 6.22. The molecule has 3 nitrogen and oxygen atoms in total. The highest BCUT2D eigenvalue weighted by Crippen LogP contribution is 2.38. The Morgan fingerprint density at radius 1 is 1.12 bits per heavy atom.